The Hall–Kier alpha value is -2.08. The SMILES string of the molecule is COC1CN(C(=O)N(CCC(=O)O)Cc2cccc(C)c2)C1. The summed E-state index contributed by atoms with van der Waals surface area (Å²) in [5.74, 6) is -0.902. The molecule has 2 amide bonds. The summed E-state index contributed by atoms with van der Waals surface area (Å²) in [4.78, 5) is 26.6. The molecule has 6 heteroatoms. The molecule has 6 nitrogen and oxygen atoms in total. The lowest BCUT2D eigenvalue weighted by atomic mass is 10.1. The molecular formula is C16H22N2O4. The van der Waals surface area contributed by atoms with Crippen LogP contribution in [0.15, 0.2) is 24.3 Å². The number of benzene rings is 1. The molecule has 0 saturated carbocycles. The van der Waals surface area contributed by atoms with Crippen molar-refractivity contribution in [3.05, 3.63) is 35.4 Å². The Labute approximate surface area is 130 Å². The molecule has 1 aromatic carbocycles. The molecule has 0 bridgehead atoms. The van der Waals surface area contributed by atoms with Crippen LogP contribution in [0.1, 0.15) is 17.5 Å². The van der Waals surface area contributed by atoms with Gasteiger partial charge in [-0.05, 0) is 12.5 Å². The van der Waals surface area contributed by atoms with E-state index in [1.165, 1.54) is 0 Å². The highest BCUT2D eigenvalue weighted by molar-refractivity contribution is 5.76. The Kier molecular flexibility index (Phi) is 5.38. The van der Waals surface area contributed by atoms with Gasteiger partial charge in [-0.2, -0.15) is 0 Å². The van der Waals surface area contributed by atoms with Crippen LogP contribution in [0.5, 0.6) is 0 Å². The maximum absolute atomic E-state index is 12.5. The van der Waals surface area contributed by atoms with E-state index in [2.05, 4.69) is 0 Å². The van der Waals surface area contributed by atoms with Crippen LogP contribution in [0.25, 0.3) is 0 Å². The van der Waals surface area contributed by atoms with Gasteiger partial charge in [0, 0.05) is 20.2 Å². The molecule has 1 aliphatic rings. The van der Waals surface area contributed by atoms with Gasteiger partial charge in [-0.25, -0.2) is 4.79 Å². The van der Waals surface area contributed by atoms with Gasteiger partial charge in [0.15, 0.2) is 0 Å². The van der Waals surface area contributed by atoms with Crippen LogP contribution in [0.3, 0.4) is 0 Å². The first kappa shape index (κ1) is 16.3. The van der Waals surface area contributed by atoms with Gasteiger partial charge in [0.25, 0.3) is 0 Å². The highest BCUT2D eigenvalue weighted by Gasteiger charge is 2.33. The van der Waals surface area contributed by atoms with E-state index in [4.69, 9.17) is 9.84 Å². The Morgan fingerprint density at radius 2 is 2.14 bits per heavy atom. The van der Waals surface area contributed by atoms with Gasteiger partial charge < -0.3 is 19.6 Å². The number of rotatable bonds is 6. The predicted octanol–water partition coefficient (Wildman–Crippen LogP) is 1.72. The summed E-state index contributed by atoms with van der Waals surface area (Å²) < 4.78 is 5.17. The second-order valence-electron chi connectivity index (χ2n) is 5.60. The molecule has 0 radical (unpaired) electrons. The third-order valence-corrected chi connectivity index (χ3v) is 3.77. The lowest BCUT2D eigenvalue weighted by Crippen LogP contribution is -2.58. The summed E-state index contributed by atoms with van der Waals surface area (Å²) in [6.45, 7) is 3.74. The minimum Gasteiger partial charge on any atom is -0.481 e. The number of aryl methyl sites for hydroxylation is 1. The zero-order chi connectivity index (χ0) is 16.1. The molecule has 120 valence electrons. The summed E-state index contributed by atoms with van der Waals surface area (Å²) in [7, 11) is 1.63. The van der Waals surface area contributed by atoms with Crippen molar-refractivity contribution >= 4 is 12.0 Å². The number of ether oxygens (including phenoxy) is 1. The third kappa shape index (κ3) is 4.21. The number of carboxylic acids is 1. The predicted molar refractivity (Wildman–Crippen MR) is 81.6 cm³/mol. The first-order valence-electron chi connectivity index (χ1n) is 7.33. The Morgan fingerprint density at radius 3 is 2.73 bits per heavy atom. The molecule has 2 rings (SSSR count). The molecule has 1 saturated heterocycles. The van der Waals surface area contributed by atoms with Crippen LogP contribution in [0.4, 0.5) is 4.79 Å². The summed E-state index contributed by atoms with van der Waals surface area (Å²) in [5, 5.41) is 8.87. The van der Waals surface area contributed by atoms with Crippen molar-refractivity contribution in [3.63, 3.8) is 0 Å². The monoisotopic (exact) mass is 306 g/mol. The van der Waals surface area contributed by atoms with Crippen LogP contribution in [0, 0.1) is 6.92 Å². The number of urea groups is 1. The molecule has 1 aliphatic heterocycles. The number of aliphatic carboxylic acids is 1. The van der Waals surface area contributed by atoms with E-state index >= 15 is 0 Å². The fraction of sp³-hybridized carbons (Fsp3) is 0.500. The molecule has 22 heavy (non-hydrogen) atoms. The van der Waals surface area contributed by atoms with Gasteiger partial charge in [0.1, 0.15) is 0 Å². The number of carbonyl (C=O) groups is 2. The van der Waals surface area contributed by atoms with Crippen LogP contribution in [-0.4, -0.2) is 59.8 Å². The molecule has 0 aliphatic carbocycles. The normalized spacial score (nSPS) is 14.5. The van der Waals surface area contributed by atoms with Crippen molar-refractivity contribution in [1.29, 1.82) is 0 Å². The maximum Gasteiger partial charge on any atom is 0.320 e. The first-order valence-corrected chi connectivity index (χ1v) is 7.33. The van der Waals surface area contributed by atoms with Crippen molar-refractivity contribution in [2.75, 3.05) is 26.7 Å². The van der Waals surface area contributed by atoms with E-state index in [1.54, 1.807) is 16.9 Å². The highest BCUT2D eigenvalue weighted by Crippen LogP contribution is 2.16. The Morgan fingerprint density at radius 1 is 1.41 bits per heavy atom. The molecule has 1 aromatic rings. The number of carbonyl (C=O) groups excluding carboxylic acids is 1. The molecule has 1 fully saturated rings. The van der Waals surface area contributed by atoms with Crippen molar-refractivity contribution in [2.45, 2.75) is 26.0 Å². The zero-order valence-electron chi connectivity index (χ0n) is 13.0. The molecule has 1 N–H and O–H groups in total. The minimum atomic E-state index is -0.902. The number of carboxylic acid groups (broad SMARTS) is 1. The van der Waals surface area contributed by atoms with Gasteiger partial charge in [0.2, 0.25) is 0 Å². The molecule has 1 heterocycles. The zero-order valence-corrected chi connectivity index (χ0v) is 13.0. The lowest BCUT2D eigenvalue weighted by Gasteiger charge is -2.41. The van der Waals surface area contributed by atoms with Crippen LogP contribution >= 0.6 is 0 Å². The third-order valence-electron chi connectivity index (χ3n) is 3.77. The molecule has 0 unspecified atom stereocenters. The van der Waals surface area contributed by atoms with Gasteiger partial charge in [-0.15, -0.1) is 0 Å². The molecule has 0 atom stereocenters. The summed E-state index contributed by atoms with van der Waals surface area (Å²) in [6.07, 6.45) is 0.0308. The van der Waals surface area contributed by atoms with E-state index in [0.717, 1.165) is 11.1 Å². The van der Waals surface area contributed by atoms with E-state index < -0.39 is 5.97 Å². The van der Waals surface area contributed by atoms with Crippen molar-refractivity contribution < 1.29 is 19.4 Å². The van der Waals surface area contributed by atoms with Crippen molar-refractivity contribution in [1.82, 2.24) is 9.80 Å². The smallest absolute Gasteiger partial charge is 0.320 e. The second-order valence-corrected chi connectivity index (χ2v) is 5.60. The fourth-order valence-corrected chi connectivity index (χ4v) is 2.45. The number of nitrogens with zero attached hydrogens (tertiary/aromatic N) is 2. The van der Waals surface area contributed by atoms with Gasteiger partial charge in [0.05, 0.1) is 25.6 Å². The highest BCUT2D eigenvalue weighted by atomic mass is 16.5. The fourth-order valence-electron chi connectivity index (χ4n) is 2.45. The summed E-state index contributed by atoms with van der Waals surface area (Å²) in [5.41, 5.74) is 2.12. The standard InChI is InChI=1S/C16H22N2O4/c1-12-4-3-5-13(8-12)9-17(7-6-15(19)20)16(21)18-10-14(11-18)22-2/h3-5,8,14H,6-7,9-11H2,1-2H3,(H,19,20). The number of hydrogen-bond acceptors (Lipinski definition) is 3. The lowest BCUT2D eigenvalue weighted by molar-refractivity contribution is -0.137. The van der Waals surface area contributed by atoms with E-state index in [1.807, 2.05) is 31.2 Å². The van der Waals surface area contributed by atoms with Crippen LogP contribution in [-0.2, 0) is 16.1 Å². The summed E-state index contributed by atoms with van der Waals surface area (Å²) in [6, 6.07) is 7.76. The Balaban J connectivity index is 2.02. The molecule has 0 aromatic heterocycles. The number of amides is 2. The van der Waals surface area contributed by atoms with Gasteiger partial charge in [-0.3, -0.25) is 4.79 Å². The van der Waals surface area contributed by atoms with Gasteiger partial charge in [-0.1, -0.05) is 29.8 Å². The van der Waals surface area contributed by atoms with Crippen molar-refractivity contribution in [2.24, 2.45) is 0 Å². The first-order chi connectivity index (χ1) is 10.5. The quantitative estimate of drug-likeness (QED) is 0.869. The average molecular weight is 306 g/mol. The van der Waals surface area contributed by atoms with E-state index in [9.17, 15) is 9.59 Å². The largest absolute Gasteiger partial charge is 0.481 e. The Bertz CT molecular complexity index is 541. The number of methoxy groups -OCH3 is 1. The van der Waals surface area contributed by atoms with E-state index in [0.29, 0.717) is 19.6 Å². The average Bonchev–Trinajstić information content (AvgIpc) is 2.42. The molecule has 0 spiro atoms. The number of hydrogen-bond donors (Lipinski definition) is 1. The van der Waals surface area contributed by atoms with Crippen LogP contribution < -0.4 is 0 Å². The van der Waals surface area contributed by atoms with Gasteiger partial charge >= 0.3 is 12.0 Å². The van der Waals surface area contributed by atoms with E-state index in [-0.39, 0.29) is 25.1 Å². The minimum absolute atomic E-state index is 0.0564. The maximum atomic E-state index is 12.5. The summed E-state index contributed by atoms with van der Waals surface area (Å²) >= 11 is 0. The van der Waals surface area contributed by atoms with Crippen molar-refractivity contribution in [3.8, 4) is 0 Å². The number of likely N-dealkylation sites (tertiary alicyclic amines) is 1. The molecular weight excluding hydrogens is 284 g/mol. The second kappa shape index (κ2) is 7.26. The van der Waals surface area contributed by atoms with Crippen LogP contribution in [0.2, 0.25) is 0 Å². The topological polar surface area (TPSA) is 70.1 Å².